The van der Waals surface area contributed by atoms with Gasteiger partial charge in [0.2, 0.25) is 23.6 Å². The Labute approximate surface area is 292 Å². The lowest BCUT2D eigenvalue weighted by molar-refractivity contribution is -0.166. The molecule has 0 aromatic heterocycles. The number of ether oxygens (including phenoxy) is 1. The molecular weight excluding hydrogens is 638 g/mol. The quantitative estimate of drug-likeness (QED) is 0.0376. The summed E-state index contributed by atoms with van der Waals surface area (Å²) in [5.74, 6) is -1.32. The molecular formula is C34H65N5O10. The Kier molecular flexibility index (Phi) is 26.1. The zero-order valence-corrected chi connectivity index (χ0v) is 30.5. The van der Waals surface area contributed by atoms with Crippen molar-refractivity contribution in [3.8, 4) is 0 Å². The standard InChI is InChI=1S/C34H65N5O10/c1-34(2,3)49-33(44)35-25-20-24-32(43)39(48)28-19-13-7-10-16-23-31(42)38(47)27-18-12-6-9-15-22-30(41)37(46)26-17-11-5-8-14-21-29(40)36(4)45/h45-48H,5-28H2,1-4H3,(H,35,44). The van der Waals surface area contributed by atoms with Crippen LogP contribution in [0.25, 0.3) is 0 Å². The van der Waals surface area contributed by atoms with Crippen molar-refractivity contribution in [1.82, 2.24) is 25.6 Å². The van der Waals surface area contributed by atoms with E-state index in [0.717, 1.165) is 67.9 Å². The molecule has 15 heteroatoms. The van der Waals surface area contributed by atoms with E-state index in [0.29, 0.717) is 61.5 Å². The summed E-state index contributed by atoms with van der Waals surface area (Å²) in [5.41, 5.74) is -0.591. The van der Waals surface area contributed by atoms with Gasteiger partial charge in [-0.15, -0.1) is 0 Å². The van der Waals surface area contributed by atoms with Crippen molar-refractivity contribution in [2.75, 3.05) is 33.2 Å². The van der Waals surface area contributed by atoms with Gasteiger partial charge in [0.1, 0.15) is 5.60 Å². The fourth-order valence-electron chi connectivity index (χ4n) is 4.87. The number of alkyl carbamates (subject to hydrolysis) is 1. The van der Waals surface area contributed by atoms with Crippen molar-refractivity contribution < 1.29 is 49.5 Å². The summed E-state index contributed by atoms with van der Waals surface area (Å²) >= 11 is 0. The summed E-state index contributed by atoms with van der Waals surface area (Å²) < 4.78 is 5.12. The van der Waals surface area contributed by atoms with Gasteiger partial charge >= 0.3 is 6.09 Å². The Morgan fingerprint density at radius 3 is 1.14 bits per heavy atom. The fourth-order valence-corrected chi connectivity index (χ4v) is 4.87. The van der Waals surface area contributed by atoms with Crippen molar-refractivity contribution in [3.05, 3.63) is 0 Å². The zero-order valence-electron chi connectivity index (χ0n) is 30.5. The Morgan fingerprint density at radius 2 is 0.796 bits per heavy atom. The summed E-state index contributed by atoms with van der Waals surface area (Å²) in [6.45, 7) is 6.32. The summed E-state index contributed by atoms with van der Waals surface area (Å²) in [5, 5.41) is 44.3. The van der Waals surface area contributed by atoms with Crippen LogP contribution in [0.1, 0.15) is 149 Å². The summed E-state index contributed by atoms with van der Waals surface area (Å²) in [6, 6.07) is 0. The molecule has 49 heavy (non-hydrogen) atoms. The van der Waals surface area contributed by atoms with Crippen LogP contribution in [0.15, 0.2) is 0 Å². The van der Waals surface area contributed by atoms with Gasteiger partial charge in [-0.1, -0.05) is 57.8 Å². The van der Waals surface area contributed by atoms with Gasteiger partial charge in [0.25, 0.3) is 0 Å². The number of carbonyl (C=O) groups is 5. The molecule has 5 N–H and O–H groups in total. The van der Waals surface area contributed by atoms with Gasteiger partial charge in [0.05, 0.1) is 0 Å². The lowest BCUT2D eigenvalue weighted by Gasteiger charge is -2.19. The highest BCUT2D eigenvalue weighted by Crippen LogP contribution is 2.12. The van der Waals surface area contributed by atoms with Gasteiger partial charge in [0, 0.05) is 58.9 Å². The fraction of sp³-hybridized carbons (Fsp3) is 0.853. The molecule has 0 rings (SSSR count). The molecule has 0 saturated carbocycles. The van der Waals surface area contributed by atoms with Gasteiger partial charge in [-0.25, -0.2) is 25.0 Å². The smallest absolute Gasteiger partial charge is 0.407 e. The molecule has 0 aliphatic carbocycles. The zero-order chi connectivity index (χ0) is 37.1. The number of hydroxylamine groups is 8. The second kappa shape index (κ2) is 27.8. The van der Waals surface area contributed by atoms with Crippen molar-refractivity contribution >= 4 is 29.7 Å². The first kappa shape index (κ1) is 46.0. The Balaban J connectivity index is 3.70. The molecule has 0 unspecified atom stereocenters. The van der Waals surface area contributed by atoms with Crippen LogP contribution in [0.5, 0.6) is 0 Å². The third-order valence-corrected chi connectivity index (χ3v) is 7.74. The molecule has 0 aliphatic heterocycles. The van der Waals surface area contributed by atoms with E-state index in [2.05, 4.69) is 5.32 Å². The molecule has 286 valence electrons. The lowest BCUT2D eigenvalue weighted by atomic mass is 10.1. The van der Waals surface area contributed by atoms with E-state index in [1.54, 1.807) is 20.8 Å². The second-order valence-electron chi connectivity index (χ2n) is 13.6. The van der Waals surface area contributed by atoms with Gasteiger partial charge in [0.15, 0.2) is 0 Å². The molecule has 5 amide bonds. The summed E-state index contributed by atoms with van der Waals surface area (Å²) in [4.78, 5) is 59.2. The second-order valence-corrected chi connectivity index (χ2v) is 13.6. The number of nitrogens with one attached hydrogen (secondary N) is 1. The first-order valence-corrected chi connectivity index (χ1v) is 18.0. The monoisotopic (exact) mass is 703 g/mol. The average molecular weight is 704 g/mol. The highest BCUT2D eigenvalue weighted by molar-refractivity contribution is 5.76. The maximum atomic E-state index is 12.2. The predicted octanol–water partition coefficient (Wildman–Crippen LogP) is 5.81. The number of amides is 5. The van der Waals surface area contributed by atoms with Crippen LogP contribution in [-0.2, 0) is 23.9 Å². The predicted molar refractivity (Wildman–Crippen MR) is 182 cm³/mol. The van der Waals surface area contributed by atoms with E-state index in [1.807, 2.05) is 0 Å². The van der Waals surface area contributed by atoms with Crippen LogP contribution in [0, 0.1) is 0 Å². The van der Waals surface area contributed by atoms with Gasteiger partial charge in [-0.3, -0.25) is 40.0 Å². The molecule has 0 radical (unpaired) electrons. The van der Waals surface area contributed by atoms with E-state index >= 15 is 0 Å². The number of hydrogen-bond donors (Lipinski definition) is 5. The number of hydrogen-bond acceptors (Lipinski definition) is 10. The van der Waals surface area contributed by atoms with E-state index in [-0.39, 0.29) is 63.2 Å². The van der Waals surface area contributed by atoms with E-state index in [1.165, 1.54) is 7.05 Å². The maximum absolute atomic E-state index is 12.2. The average Bonchev–Trinajstić information content (AvgIpc) is 3.03. The molecule has 0 fully saturated rings. The Morgan fingerprint density at radius 1 is 0.490 bits per heavy atom. The lowest BCUT2D eigenvalue weighted by Crippen LogP contribution is -2.34. The highest BCUT2D eigenvalue weighted by Gasteiger charge is 2.16. The molecule has 0 aromatic carbocycles. The van der Waals surface area contributed by atoms with Gasteiger partial charge in [-0.05, 0) is 65.7 Å². The molecule has 0 heterocycles. The Hall–Kier alpha value is -3.01. The molecule has 15 nitrogen and oxygen atoms in total. The van der Waals surface area contributed by atoms with Crippen LogP contribution in [-0.4, -0.2) is 110 Å². The van der Waals surface area contributed by atoms with Gasteiger partial charge < -0.3 is 10.1 Å². The summed E-state index contributed by atoms with van der Waals surface area (Å²) in [7, 11) is 1.31. The molecule has 0 spiro atoms. The van der Waals surface area contributed by atoms with E-state index < -0.39 is 17.6 Å². The van der Waals surface area contributed by atoms with Crippen molar-refractivity contribution in [2.24, 2.45) is 0 Å². The molecule has 0 saturated heterocycles. The first-order chi connectivity index (χ1) is 23.1. The third-order valence-electron chi connectivity index (χ3n) is 7.74. The molecule has 0 bridgehead atoms. The third kappa shape index (κ3) is 27.5. The van der Waals surface area contributed by atoms with Crippen LogP contribution >= 0.6 is 0 Å². The number of rotatable bonds is 28. The van der Waals surface area contributed by atoms with Crippen LogP contribution < -0.4 is 5.32 Å². The normalized spacial score (nSPS) is 11.2. The number of unbranched alkanes of at least 4 members (excludes halogenated alkanes) is 12. The van der Waals surface area contributed by atoms with Crippen LogP contribution in [0.2, 0.25) is 0 Å². The molecule has 0 atom stereocenters. The minimum atomic E-state index is -0.591. The largest absolute Gasteiger partial charge is 0.444 e. The Bertz CT molecular complexity index is 945. The molecule has 0 aromatic rings. The topological polar surface area (TPSA) is 200 Å². The number of carbonyl (C=O) groups excluding carboxylic acids is 5. The van der Waals surface area contributed by atoms with Crippen LogP contribution in [0.3, 0.4) is 0 Å². The van der Waals surface area contributed by atoms with Crippen molar-refractivity contribution in [2.45, 2.75) is 155 Å². The minimum absolute atomic E-state index is 0.110. The number of nitrogens with zero attached hydrogens (tertiary/aromatic N) is 4. The highest BCUT2D eigenvalue weighted by atomic mass is 16.6. The van der Waals surface area contributed by atoms with Gasteiger partial charge in [-0.2, -0.15) is 0 Å². The van der Waals surface area contributed by atoms with Crippen molar-refractivity contribution in [1.29, 1.82) is 0 Å². The van der Waals surface area contributed by atoms with Crippen molar-refractivity contribution in [3.63, 3.8) is 0 Å². The molecule has 0 aliphatic rings. The first-order valence-electron chi connectivity index (χ1n) is 18.0. The summed E-state index contributed by atoms with van der Waals surface area (Å²) in [6.07, 6.45) is 12.2. The maximum Gasteiger partial charge on any atom is 0.407 e. The van der Waals surface area contributed by atoms with E-state index in [4.69, 9.17) is 9.94 Å². The van der Waals surface area contributed by atoms with E-state index in [9.17, 15) is 39.6 Å². The minimum Gasteiger partial charge on any atom is -0.444 e. The van der Waals surface area contributed by atoms with Crippen LogP contribution in [0.4, 0.5) is 4.79 Å². The SMILES string of the molecule is CN(O)C(=O)CCCCCCCN(O)C(=O)CCCCCCCN(O)C(=O)CCCCCCCN(O)C(=O)CCCNC(=O)OC(C)(C)C.